The lowest BCUT2D eigenvalue weighted by atomic mass is 10.1. The van der Waals surface area contributed by atoms with Gasteiger partial charge in [0.05, 0.1) is 26.5 Å². The lowest BCUT2D eigenvalue weighted by molar-refractivity contribution is 0.0524. The van der Waals surface area contributed by atoms with E-state index < -0.39 is 5.97 Å². The first-order valence-corrected chi connectivity index (χ1v) is 12.2. The molecule has 2 aromatic carbocycles. The first kappa shape index (κ1) is 27.1. The Bertz CT molecular complexity index is 1500. The van der Waals surface area contributed by atoms with Gasteiger partial charge < -0.3 is 24.2 Å². The maximum atomic E-state index is 12.6. The van der Waals surface area contributed by atoms with Gasteiger partial charge >= 0.3 is 5.97 Å². The summed E-state index contributed by atoms with van der Waals surface area (Å²) >= 11 is 0. The Balaban J connectivity index is 1.71. The minimum atomic E-state index is -0.641. The number of ether oxygens (including phenoxy) is 3. The van der Waals surface area contributed by atoms with Crippen LogP contribution in [0.15, 0.2) is 87.2 Å². The number of aromatic hydroxyl groups is 1. The van der Waals surface area contributed by atoms with Crippen molar-refractivity contribution < 1.29 is 24.1 Å². The van der Waals surface area contributed by atoms with Crippen molar-refractivity contribution in [2.45, 2.75) is 6.92 Å². The van der Waals surface area contributed by atoms with E-state index in [4.69, 9.17) is 14.2 Å². The van der Waals surface area contributed by atoms with Crippen LogP contribution in [0.25, 0.3) is 11.1 Å². The first-order valence-electron chi connectivity index (χ1n) is 12.2. The van der Waals surface area contributed by atoms with Gasteiger partial charge in [0.1, 0.15) is 34.1 Å². The number of rotatable bonds is 9. The third kappa shape index (κ3) is 5.80. The third-order valence-corrected chi connectivity index (χ3v) is 5.88. The Kier molecular flexibility index (Phi) is 8.35. The lowest BCUT2D eigenvalue weighted by Gasteiger charge is -2.11. The highest BCUT2D eigenvalue weighted by Gasteiger charge is 2.28. The molecule has 1 N–H and O–H groups in total. The molecule has 2 aliphatic carbocycles. The highest BCUT2D eigenvalue weighted by molar-refractivity contribution is 6.07. The highest BCUT2D eigenvalue weighted by atomic mass is 16.5. The third-order valence-electron chi connectivity index (χ3n) is 5.88. The van der Waals surface area contributed by atoms with Gasteiger partial charge in [-0.1, -0.05) is 30.3 Å². The Morgan fingerprint density at radius 3 is 1.97 bits per heavy atom. The molecule has 2 aliphatic rings. The van der Waals surface area contributed by atoms with E-state index >= 15 is 0 Å². The number of azo groups is 2. The fourth-order valence-electron chi connectivity index (χ4n) is 3.91. The summed E-state index contributed by atoms with van der Waals surface area (Å²) in [5.74, 6) is -0.190. The summed E-state index contributed by atoms with van der Waals surface area (Å²) in [6.07, 6.45) is 0. The summed E-state index contributed by atoms with van der Waals surface area (Å²) in [6, 6.07) is 19.7. The molecule has 10 nitrogen and oxygen atoms in total. The summed E-state index contributed by atoms with van der Waals surface area (Å²) in [5, 5.41) is 28.2. The number of nitrogens with zero attached hydrogens (tertiary/aromatic N) is 5. The van der Waals surface area contributed by atoms with Crippen LogP contribution in [0.2, 0.25) is 0 Å². The zero-order valence-corrected chi connectivity index (χ0v) is 22.4. The van der Waals surface area contributed by atoms with Gasteiger partial charge in [-0.05, 0) is 31.2 Å². The van der Waals surface area contributed by atoms with Gasteiger partial charge in [-0.25, -0.2) is 4.79 Å². The first-order chi connectivity index (χ1) is 18.9. The standard InChI is InChI=1S/C29H29N5O5/c1-6-39-29(36)26-20-10-8-7-9-11-21(20)27(28(26)35)33-32-23-17-24(37-4)22(16-25(23)38-5)31-30-18-12-14-19(15-13-18)34(2)3/h7-17,35H,6H2,1-5H3. The Morgan fingerprint density at radius 2 is 1.41 bits per heavy atom. The number of carbonyl (C=O) groups excluding carboxylic acids is 1. The van der Waals surface area contributed by atoms with Crippen LogP contribution >= 0.6 is 0 Å². The van der Waals surface area contributed by atoms with Crippen LogP contribution < -0.4 is 14.4 Å². The second-order valence-electron chi connectivity index (χ2n) is 8.54. The van der Waals surface area contributed by atoms with E-state index in [9.17, 15) is 9.90 Å². The van der Waals surface area contributed by atoms with Gasteiger partial charge in [-0.3, -0.25) is 0 Å². The summed E-state index contributed by atoms with van der Waals surface area (Å²) in [4.78, 5) is 14.6. The normalized spacial score (nSPS) is 11.3. The van der Waals surface area contributed by atoms with Gasteiger partial charge in [-0.15, -0.1) is 15.3 Å². The molecule has 0 aromatic heterocycles. The number of benzene rings is 2. The predicted molar refractivity (Wildman–Crippen MR) is 149 cm³/mol. The molecule has 0 atom stereocenters. The zero-order chi connectivity index (χ0) is 27.9. The molecule has 0 saturated carbocycles. The van der Waals surface area contributed by atoms with Crippen molar-refractivity contribution in [3.05, 3.63) is 72.3 Å². The molecular formula is C29H29N5O5. The van der Waals surface area contributed by atoms with Gasteiger partial charge in [0.15, 0.2) is 5.75 Å². The van der Waals surface area contributed by atoms with Crippen molar-refractivity contribution >= 4 is 34.4 Å². The quantitative estimate of drug-likeness (QED) is 0.177. The number of fused-ring (bicyclic) bond motifs is 1. The van der Waals surface area contributed by atoms with Crippen LogP contribution in [0.1, 0.15) is 17.3 Å². The predicted octanol–water partition coefficient (Wildman–Crippen LogP) is 7.59. The average Bonchev–Trinajstić information content (AvgIpc) is 3.05. The smallest absolute Gasteiger partial charge is 0.342 e. The SMILES string of the molecule is CCOC(=O)c1c2cccccc-2c(N=Nc2cc(OC)c(N=Nc3ccc(N(C)C)cc3)cc2OC)c1O. The average molecular weight is 528 g/mol. The molecule has 4 rings (SSSR count). The number of hydrogen-bond acceptors (Lipinski definition) is 10. The number of methoxy groups -OCH3 is 2. The Labute approximate surface area is 226 Å². The minimum absolute atomic E-state index is 0.0379. The van der Waals surface area contributed by atoms with Crippen molar-refractivity contribution in [3.8, 4) is 28.4 Å². The van der Waals surface area contributed by atoms with Crippen LogP contribution in [-0.4, -0.2) is 46.0 Å². The fourth-order valence-corrected chi connectivity index (χ4v) is 3.91. The molecule has 200 valence electrons. The molecule has 0 spiro atoms. The van der Waals surface area contributed by atoms with Gasteiger partial charge in [0.2, 0.25) is 0 Å². The monoisotopic (exact) mass is 527 g/mol. The van der Waals surface area contributed by atoms with Crippen molar-refractivity contribution in [1.82, 2.24) is 0 Å². The van der Waals surface area contributed by atoms with E-state index in [1.807, 2.05) is 49.3 Å². The lowest BCUT2D eigenvalue weighted by Crippen LogP contribution is -2.07. The van der Waals surface area contributed by atoms with E-state index in [0.717, 1.165) is 5.69 Å². The topological polar surface area (TPSA) is 118 Å². The van der Waals surface area contributed by atoms with Crippen LogP contribution in [-0.2, 0) is 4.74 Å². The molecule has 0 aliphatic heterocycles. The fraction of sp³-hybridized carbons (Fsp3) is 0.207. The van der Waals surface area contributed by atoms with Crippen LogP contribution in [0, 0.1) is 0 Å². The molecule has 0 heterocycles. The van der Waals surface area contributed by atoms with E-state index in [2.05, 4.69) is 20.5 Å². The number of carbonyl (C=O) groups is 1. The molecular weight excluding hydrogens is 498 g/mol. The molecule has 0 unspecified atom stereocenters. The molecule has 0 radical (unpaired) electrons. The highest BCUT2D eigenvalue weighted by Crippen LogP contribution is 2.49. The zero-order valence-electron chi connectivity index (χ0n) is 22.4. The number of esters is 1. The Morgan fingerprint density at radius 1 is 0.821 bits per heavy atom. The van der Waals surface area contributed by atoms with Crippen molar-refractivity contribution in [2.24, 2.45) is 20.5 Å². The van der Waals surface area contributed by atoms with Gasteiger partial charge in [-0.2, -0.15) is 5.11 Å². The van der Waals surface area contributed by atoms with Crippen molar-refractivity contribution in [1.29, 1.82) is 0 Å². The Hall–Kier alpha value is -4.99. The minimum Gasteiger partial charge on any atom is -0.505 e. The molecule has 0 saturated heterocycles. The second kappa shape index (κ2) is 12.0. The molecule has 0 amide bonds. The van der Waals surface area contributed by atoms with E-state index in [-0.39, 0.29) is 23.6 Å². The van der Waals surface area contributed by atoms with Gasteiger partial charge in [0, 0.05) is 43.0 Å². The van der Waals surface area contributed by atoms with E-state index in [0.29, 0.717) is 39.7 Å². The van der Waals surface area contributed by atoms with Gasteiger partial charge in [0.25, 0.3) is 0 Å². The maximum Gasteiger partial charge on any atom is 0.342 e. The number of anilines is 1. The molecule has 0 fully saturated rings. The molecule has 0 bridgehead atoms. The van der Waals surface area contributed by atoms with Crippen LogP contribution in [0.3, 0.4) is 0 Å². The van der Waals surface area contributed by atoms with E-state index in [1.165, 1.54) is 14.2 Å². The van der Waals surface area contributed by atoms with Crippen LogP contribution in [0.5, 0.6) is 17.2 Å². The molecule has 2 aromatic rings. The van der Waals surface area contributed by atoms with Crippen molar-refractivity contribution in [3.63, 3.8) is 0 Å². The maximum absolute atomic E-state index is 12.6. The molecule has 10 heteroatoms. The summed E-state index contributed by atoms with van der Waals surface area (Å²) in [6.45, 7) is 1.87. The summed E-state index contributed by atoms with van der Waals surface area (Å²) < 4.78 is 16.2. The molecule has 39 heavy (non-hydrogen) atoms. The number of hydrogen-bond donors (Lipinski definition) is 1. The largest absolute Gasteiger partial charge is 0.505 e. The summed E-state index contributed by atoms with van der Waals surface area (Å²) in [5.41, 5.74) is 3.71. The second-order valence-corrected chi connectivity index (χ2v) is 8.54. The van der Waals surface area contributed by atoms with E-state index in [1.54, 1.807) is 43.3 Å². The van der Waals surface area contributed by atoms with Crippen LogP contribution in [0.4, 0.5) is 28.4 Å². The summed E-state index contributed by atoms with van der Waals surface area (Å²) in [7, 11) is 6.94. The van der Waals surface area contributed by atoms with Crippen molar-refractivity contribution in [2.75, 3.05) is 39.8 Å².